The van der Waals surface area contributed by atoms with Gasteiger partial charge in [-0.3, -0.25) is 9.69 Å². The Morgan fingerprint density at radius 3 is 2.48 bits per heavy atom. The number of amides is 1. The molecule has 0 saturated carbocycles. The van der Waals surface area contributed by atoms with E-state index in [0.717, 1.165) is 58.7 Å². The van der Waals surface area contributed by atoms with Crippen molar-refractivity contribution in [2.24, 2.45) is 11.8 Å². The maximum absolute atomic E-state index is 12.6. The number of halogens is 2. The molecule has 2 unspecified atom stereocenters. The first-order chi connectivity index (χ1) is 12.2. The molecular weight excluding hydrogens is 381 g/mol. The van der Waals surface area contributed by atoms with E-state index in [-0.39, 0.29) is 24.8 Å². The third-order valence-corrected chi connectivity index (χ3v) is 5.92. The number of piperazine rings is 1. The average Bonchev–Trinajstić information content (AvgIpc) is 2.68. The standard InChI is InChI=1S/C21H33N3O.2ClH/c1-18(20-8-5-10-22-17-20)16-21(25)24-14-12-23(13-15-24)11-9-19-6-3-2-4-7-19;;/h2-4,6-7,18,20,22H,5,8-17H2,1H3;2*1H. The summed E-state index contributed by atoms with van der Waals surface area (Å²) in [6.45, 7) is 9.38. The molecule has 2 fully saturated rings. The number of carbonyl (C=O) groups is 1. The van der Waals surface area contributed by atoms with Gasteiger partial charge in [0, 0.05) is 39.1 Å². The molecule has 2 aliphatic rings. The molecule has 1 N–H and O–H groups in total. The van der Waals surface area contributed by atoms with Crippen LogP contribution in [0.25, 0.3) is 0 Å². The summed E-state index contributed by atoms with van der Waals surface area (Å²) in [4.78, 5) is 17.2. The molecule has 4 nitrogen and oxygen atoms in total. The fraction of sp³-hybridized carbons (Fsp3) is 0.667. The van der Waals surface area contributed by atoms with E-state index in [0.29, 0.717) is 17.7 Å². The third-order valence-electron chi connectivity index (χ3n) is 5.92. The van der Waals surface area contributed by atoms with Crippen LogP contribution in [0, 0.1) is 11.8 Å². The highest BCUT2D eigenvalue weighted by Gasteiger charge is 2.26. The summed E-state index contributed by atoms with van der Waals surface area (Å²) in [6.07, 6.45) is 4.34. The normalized spacial score (nSPS) is 21.7. The van der Waals surface area contributed by atoms with Crippen LogP contribution in [0.4, 0.5) is 0 Å². The lowest BCUT2D eigenvalue weighted by molar-refractivity contribution is -0.134. The number of rotatable bonds is 6. The van der Waals surface area contributed by atoms with Gasteiger partial charge in [0.2, 0.25) is 5.91 Å². The Hall–Kier alpha value is -0.810. The Morgan fingerprint density at radius 1 is 1.15 bits per heavy atom. The fourth-order valence-corrected chi connectivity index (χ4v) is 4.09. The van der Waals surface area contributed by atoms with Gasteiger partial charge in [0.1, 0.15) is 0 Å². The first-order valence-electron chi connectivity index (χ1n) is 9.97. The molecular formula is C21H35Cl2N3O. The second-order valence-corrected chi connectivity index (χ2v) is 7.75. The molecule has 1 amide bonds. The van der Waals surface area contributed by atoms with Gasteiger partial charge in [-0.2, -0.15) is 0 Å². The maximum Gasteiger partial charge on any atom is 0.222 e. The van der Waals surface area contributed by atoms with Crippen LogP contribution < -0.4 is 5.32 Å². The Labute approximate surface area is 176 Å². The van der Waals surface area contributed by atoms with Gasteiger partial charge in [-0.1, -0.05) is 37.3 Å². The van der Waals surface area contributed by atoms with E-state index in [1.54, 1.807) is 0 Å². The Bertz CT molecular complexity index is 529. The summed E-state index contributed by atoms with van der Waals surface area (Å²) in [5.74, 6) is 1.53. The van der Waals surface area contributed by atoms with Gasteiger partial charge in [-0.15, -0.1) is 24.8 Å². The van der Waals surface area contributed by atoms with Crippen molar-refractivity contribution in [3.8, 4) is 0 Å². The summed E-state index contributed by atoms with van der Waals surface area (Å²) >= 11 is 0. The molecule has 0 aromatic heterocycles. The van der Waals surface area contributed by atoms with E-state index >= 15 is 0 Å². The summed E-state index contributed by atoms with van der Waals surface area (Å²) in [5.41, 5.74) is 1.40. The summed E-state index contributed by atoms with van der Waals surface area (Å²) in [6, 6.07) is 10.7. The zero-order valence-corrected chi connectivity index (χ0v) is 18.1. The van der Waals surface area contributed by atoms with Gasteiger partial charge in [0.05, 0.1) is 0 Å². The zero-order chi connectivity index (χ0) is 17.5. The van der Waals surface area contributed by atoms with E-state index < -0.39 is 0 Å². The minimum Gasteiger partial charge on any atom is -0.340 e. The Kier molecular flexibility index (Phi) is 11.3. The van der Waals surface area contributed by atoms with Gasteiger partial charge in [0.15, 0.2) is 0 Å². The number of nitrogens with one attached hydrogen (secondary N) is 1. The minimum atomic E-state index is 0. The highest BCUT2D eigenvalue weighted by Crippen LogP contribution is 2.23. The smallest absolute Gasteiger partial charge is 0.222 e. The lowest BCUT2D eigenvalue weighted by Crippen LogP contribution is -2.49. The highest BCUT2D eigenvalue weighted by molar-refractivity contribution is 5.85. The van der Waals surface area contributed by atoms with Crippen LogP contribution in [-0.2, 0) is 11.2 Å². The van der Waals surface area contributed by atoms with Crippen LogP contribution >= 0.6 is 24.8 Å². The molecule has 1 aromatic rings. The third kappa shape index (κ3) is 7.61. The van der Waals surface area contributed by atoms with Crippen molar-refractivity contribution in [2.75, 3.05) is 45.8 Å². The molecule has 2 saturated heterocycles. The van der Waals surface area contributed by atoms with Crippen LogP contribution in [0.1, 0.15) is 31.7 Å². The molecule has 0 aliphatic carbocycles. The van der Waals surface area contributed by atoms with Gasteiger partial charge < -0.3 is 10.2 Å². The van der Waals surface area contributed by atoms with Crippen molar-refractivity contribution in [1.29, 1.82) is 0 Å². The first kappa shape index (κ1) is 24.2. The minimum absolute atomic E-state index is 0. The first-order valence-corrected chi connectivity index (χ1v) is 9.97. The number of carbonyl (C=O) groups excluding carboxylic acids is 1. The molecule has 2 aliphatic heterocycles. The van der Waals surface area contributed by atoms with Gasteiger partial charge in [0.25, 0.3) is 0 Å². The largest absolute Gasteiger partial charge is 0.340 e. The fourth-order valence-electron chi connectivity index (χ4n) is 4.09. The predicted molar refractivity (Wildman–Crippen MR) is 117 cm³/mol. The second kappa shape index (κ2) is 12.6. The lowest BCUT2D eigenvalue weighted by Gasteiger charge is -2.36. The quantitative estimate of drug-likeness (QED) is 0.774. The van der Waals surface area contributed by atoms with E-state index in [4.69, 9.17) is 0 Å². The molecule has 6 heteroatoms. The van der Waals surface area contributed by atoms with Crippen molar-refractivity contribution >= 4 is 30.7 Å². The molecule has 0 spiro atoms. The molecule has 27 heavy (non-hydrogen) atoms. The number of nitrogens with zero attached hydrogens (tertiary/aromatic N) is 2. The Balaban J connectivity index is 0.00000182. The van der Waals surface area contributed by atoms with Crippen LogP contribution in [0.15, 0.2) is 30.3 Å². The second-order valence-electron chi connectivity index (χ2n) is 7.75. The van der Waals surface area contributed by atoms with Crippen molar-refractivity contribution < 1.29 is 4.79 Å². The van der Waals surface area contributed by atoms with E-state index in [1.807, 2.05) is 0 Å². The van der Waals surface area contributed by atoms with E-state index in [1.165, 1.54) is 18.4 Å². The number of hydrogen-bond donors (Lipinski definition) is 1. The Morgan fingerprint density at radius 2 is 1.85 bits per heavy atom. The van der Waals surface area contributed by atoms with Gasteiger partial charge >= 0.3 is 0 Å². The van der Waals surface area contributed by atoms with Crippen LogP contribution in [-0.4, -0.2) is 61.5 Å². The van der Waals surface area contributed by atoms with Crippen LogP contribution in [0.2, 0.25) is 0 Å². The van der Waals surface area contributed by atoms with Crippen molar-refractivity contribution in [3.63, 3.8) is 0 Å². The summed E-state index contributed by atoms with van der Waals surface area (Å²) in [7, 11) is 0. The van der Waals surface area contributed by atoms with Crippen LogP contribution in [0.3, 0.4) is 0 Å². The molecule has 2 atom stereocenters. The lowest BCUT2D eigenvalue weighted by atomic mass is 9.85. The van der Waals surface area contributed by atoms with Crippen molar-refractivity contribution in [2.45, 2.75) is 32.6 Å². The molecule has 3 rings (SSSR count). The summed E-state index contributed by atoms with van der Waals surface area (Å²) in [5, 5.41) is 3.47. The average molecular weight is 416 g/mol. The number of benzene rings is 1. The molecule has 1 aromatic carbocycles. The maximum atomic E-state index is 12.6. The predicted octanol–water partition coefficient (Wildman–Crippen LogP) is 3.24. The molecule has 154 valence electrons. The SMILES string of the molecule is CC(CC(=O)N1CCN(CCc2ccccc2)CC1)C1CCCNC1.Cl.Cl. The van der Waals surface area contributed by atoms with Crippen LogP contribution in [0.5, 0.6) is 0 Å². The highest BCUT2D eigenvalue weighted by atomic mass is 35.5. The van der Waals surface area contributed by atoms with Crippen molar-refractivity contribution in [1.82, 2.24) is 15.1 Å². The topological polar surface area (TPSA) is 35.6 Å². The molecule has 0 radical (unpaired) electrons. The van der Waals surface area contributed by atoms with E-state index in [9.17, 15) is 4.79 Å². The zero-order valence-electron chi connectivity index (χ0n) is 16.4. The van der Waals surface area contributed by atoms with Crippen molar-refractivity contribution in [3.05, 3.63) is 35.9 Å². The molecule has 2 heterocycles. The number of hydrogen-bond acceptors (Lipinski definition) is 3. The molecule has 0 bridgehead atoms. The van der Waals surface area contributed by atoms with Gasteiger partial charge in [-0.05, 0) is 49.8 Å². The number of piperidine rings is 1. The monoisotopic (exact) mass is 415 g/mol. The van der Waals surface area contributed by atoms with Gasteiger partial charge in [-0.25, -0.2) is 0 Å². The van der Waals surface area contributed by atoms with E-state index in [2.05, 4.69) is 52.4 Å². The summed E-state index contributed by atoms with van der Waals surface area (Å²) < 4.78 is 0.